The maximum Gasteiger partial charge on any atom is 0.135 e. The number of hydrogen-bond acceptors (Lipinski definition) is 4. The molecule has 0 bridgehead atoms. The van der Waals surface area contributed by atoms with Crippen molar-refractivity contribution in [3.63, 3.8) is 0 Å². The van der Waals surface area contributed by atoms with Gasteiger partial charge in [0, 0.05) is 72.5 Å². The molecule has 1 aliphatic heterocycles. The Bertz CT molecular complexity index is 4330. The molecule has 0 fully saturated rings. The van der Waals surface area contributed by atoms with E-state index in [0.29, 0.717) is 28.4 Å². The van der Waals surface area contributed by atoms with E-state index in [0.717, 1.165) is 72.4 Å². The molecule has 11 rings (SSSR count). The summed E-state index contributed by atoms with van der Waals surface area (Å²) in [6.07, 6.45) is 1.90. The predicted molar refractivity (Wildman–Crippen MR) is 353 cm³/mol. The number of anilines is 4. The first-order chi connectivity index (χ1) is 41.0. The minimum absolute atomic E-state index is 0. The largest absolute Gasteiger partial charge is 0.509 e. The molecule has 0 atom stereocenters. The molecular weight excluding hydrogens is 1200 g/mol. The van der Waals surface area contributed by atoms with Crippen LogP contribution in [0.2, 0.25) is 0 Å². The van der Waals surface area contributed by atoms with Crippen LogP contribution in [-0.4, -0.2) is 9.55 Å². The third-order valence-corrected chi connectivity index (χ3v) is 16.3. The first-order valence-corrected chi connectivity index (χ1v) is 29.3. The minimum atomic E-state index is -0.438. The van der Waals surface area contributed by atoms with Gasteiger partial charge in [0.25, 0.3) is 0 Å². The van der Waals surface area contributed by atoms with E-state index in [1.54, 1.807) is 0 Å². The number of para-hydroxylation sites is 2. The number of pyridine rings is 1. The SMILES string of the molecule is [2H]c1c([2H])c([2H])c(-c2cc(C(C)(C)C)cc(-c3cc(C(C)(C)C)cc(C(C)(C)C)c3)c2N2[CH-]N(c3[c-]c(Oc4[c-]c5c(cc4)c4cc(-c6cc(C(C)(C)C)cc(C(C)(C)C)c6)ccc4n5-c4cc(C(C)(C)C)ccn4)ccc3)c3ccccc32)c([2H])c1[2H].[Pt]. The Morgan fingerprint density at radius 2 is 0.964 bits per heavy atom. The van der Waals surface area contributed by atoms with Crippen molar-refractivity contribution in [3.05, 3.63) is 222 Å². The van der Waals surface area contributed by atoms with E-state index >= 15 is 0 Å². The van der Waals surface area contributed by atoms with Crippen LogP contribution in [-0.2, 0) is 53.6 Å². The van der Waals surface area contributed by atoms with Crippen molar-refractivity contribution < 1.29 is 32.7 Å². The first-order valence-electron chi connectivity index (χ1n) is 31.8. The second-order valence-electron chi connectivity index (χ2n) is 28.9. The molecular formula is C78H83N4OPt-3. The van der Waals surface area contributed by atoms with Gasteiger partial charge in [0.1, 0.15) is 5.82 Å². The van der Waals surface area contributed by atoms with E-state index < -0.39 is 11.5 Å². The molecule has 1 aliphatic rings. The Morgan fingerprint density at radius 3 is 1.54 bits per heavy atom. The molecule has 0 aliphatic carbocycles. The molecule has 0 saturated heterocycles. The zero-order valence-electron chi connectivity index (χ0n) is 57.4. The Morgan fingerprint density at radius 1 is 0.440 bits per heavy atom. The number of nitrogens with zero attached hydrogens (tertiary/aromatic N) is 4. The van der Waals surface area contributed by atoms with E-state index in [-0.39, 0.29) is 77.9 Å². The molecule has 3 heterocycles. The maximum absolute atomic E-state index is 9.52. The number of hydrogen-bond donors (Lipinski definition) is 0. The predicted octanol–water partition coefficient (Wildman–Crippen LogP) is 21.8. The van der Waals surface area contributed by atoms with Crippen molar-refractivity contribution in [2.45, 2.75) is 157 Å². The quantitative estimate of drug-likeness (QED) is 0.142. The van der Waals surface area contributed by atoms with Crippen LogP contribution in [0.15, 0.2) is 170 Å². The molecule has 5 nitrogen and oxygen atoms in total. The second kappa shape index (κ2) is 21.7. The number of benzene rings is 8. The summed E-state index contributed by atoms with van der Waals surface area (Å²) in [7, 11) is 0. The van der Waals surface area contributed by atoms with Gasteiger partial charge in [-0.15, -0.1) is 48.1 Å². The van der Waals surface area contributed by atoms with Gasteiger partial charge in [0.05, 0.1) is 6.85 Å². The molecule has 0 amide bonds. The van der Waals surface area contributed by atoms with Crippen LogP contribution < -0.4 is 14.5 Å². The molecule has 0 radical (unpaired) electrons. The number of ether oxygens (including phenoxy) is 1. The molecule has 84 heavy (non-hydrogen) atoms. The van der Waals surface area contributed by atoms with Crippen LogP contribution in [0.4, 0.5) is 22.7 Å². The topological polar surface area (TPSA) is 33.5 Å². The van der Waals surface area contributed by atoms with Crippen LogP contribution in [0.5, 0.6) is 11.5 Å². The van der Waals surface area contributed by atoms with Gasteiger partial charge < -0.3 is 19.1 Å². The van der Waals surface area contributed by atoms with Gasteiger partial charge in [-0.2, -0.15) is 12.1 Å². The number of fused-ring (bicyclic) bond motifs is 4. The molecule has 6 heteroatoms. The summed E-state index contributed by atoms with van der Waals surface area (Å²) in [5.41, 5.74) is 15.8. The van der Waals surface area contributed by atoms with Gasteiger partial charge in [-0.3, -0.25) is 0 Å². The Kier molecular flexibility index (Phi) is 13.8. The molecule has 434 valence electrons. The average Bonchev–Trinajstić information content (AvgIpc) is 1.76. The van der Waals surface area contributed by atoms with E-state index in [1.807, 2.05) is 55.3 Å². The fourth-order valence-electron chi connectivity index (χ4n) is 11.1. The Labute approximate surface area is 523 Å². The maximum atomic E-state index is 9.52. The fourth-order valence-corrected chi connectivity index (χ4v) is 11.1. The van der Waals surface area contributed by atoms with E-state index in [2.05, 4.69) is 242 Å². The van der Waals surface area contributed by atoms with Crippen molar-refractivity contribution in [2.24, 2.45) is 0 Å². The second-order valence-corrected chi connectivity index (χ2v) is 28.9. The van der Waals surface area contributed by atoms with Crippen LogP contribution in [0.25, 0.3) is 61.0 Å². The molecule has 8 aromatic carbocycles. The summed E-state index contributed by atoms with van der Waals surface area (Å²) in [5.74, 6) is 1.78. The zero-order chi connectivity index (χ0) is 63.7. The van der Waals surface area contributed by atoms with Gasteiger partial charge in [-0.1, -0.05) is 221 Å². The molecule has 0 saturated carbocycles. The number of aromatic nitrogens is 2. The minimum Gasteiger partial charge on any atom is -0.509 e. The van der Waals surface area contributed by atoms with Gasteiger partial charge in [0.15, 0.2) is 0 Å². The number of rotatable bonds is 8. The molecule has 0 N–H and O–H groups in total. The standard InChI is InChI=1S/C78H83N4O.Pt/c1-73(2,3)54-35-36-79-71(46-54)82-67-34-31-51(52-37-55(74(4,5)6)42-56(38-52)75(7,8)9)41-66(67)63-33-32-62(48-70(63)82)83-61-28-24-27-60(47-61)80-49-81(69-30-23-22-29-68(69)80)72-64(50-25-20-19-21-26-50)44-59(78(16,17)18)45-65(72)53-39-57(76(10,11)12)43-58(40-53)77(13,14)15;/h19-46,49H,1-18H3;/q-3;/i19D,20D,21D,25D,26D;. The Balaban J connectivity index is 0.00000873. The molecule has 0 spiro atoms. The van der Waals surface area contributed by atoms with E-state index in [4.69, 9.17) is 13.8 Å². The van der Waals surface area contributed by atoms with E-state index in [1.165, 1.54) is 22.3 Å². The zero-order valence-corrected chi connectivity index (χ0v) is 54.6. The van der Waals surface area contributed by atoms with Gasteiger partial charge in [-0.05, 0) is 136 Å². The van der Waals surface area contributed by atoms with Gasteiger partial charge >= 0.3 is 0 Å². The van der Waals surface area contributed by atoms with Crippen molar-refractivity contribution in [1.82, 2.24) is 9.55 Å². The smallest absolute Gasteiger partial charge is 0.135 e. The summed E-state index contributed by atoms with van der Waals surface area (Å²) in [4.78, 5) is 9.22. The van der Waals surface area contributed by atoms with Gasteiger partial charge in [0.2, 0.25) is 0 Å². The summed E-state index contributed by atoms with van der Waals surface area (Å²) in [6, 6.07) is 53.0. The van der Waals surface area contributed by atoms with Crippen LogP contribution in [0, 0.1) is 18.8 Å². The first kappa shape index (κ1) is 53.5. The van der Waals surface area contributed by atoms with E-state index in [9.17, 15) is 2.74 Å². The van der Waals surface area contributed by atoms with Crippen molar-refractivity contribution in [3.8, 4) is 50.7 Å². The summed E-state index contributed by atoms with van der Waals surface area (Å²) in [6.45, 7) is 42.2. The molecule has 0 unspecified atom stereocenters. The van der Waals surface area contributed by atoms with Crippen LogP contribution in [0.1, 0.15) is 165 Å². The third-order valence-electron chi connectivity index (χ3n) is 16.3. The Hall–Kier alpha value is -7.20. The summed E-state index contributed by atoms with van der Waals surface area (Å²) < 4.78 is 54.7. The summed E-state index contributed by atoms with van der Waals surface area (Å²) >= 11 is 0. The fraction of sp³-hybridized carbons (Fsp3) is 0.308. The van der Waals surface area contributed by atoms with Gasteiger partial charge in [-0.25, -0.2) is 4.98 Å². The van der Waals surface area contributed by atoms with Crippen molar-refractivity contribution >= 4 is 44.6 Å². The monoisotopic (exact) mass is 1290 g/mol. The summed E-state index contributed by atoms with van der Waals surface area (Å²) in [5, 5.41) is 2.11. The van der Waals surface area contributed by atoms with Crippen molar-refractivity contribution in [1.29, 1.82) is 0 Å². The van der Waals surface area contributed by atoms with Crippen molar-refractivity contribution in [2.75, 3.05) is 9.80 Å². The van der Waals surface area contributed by atoms with Crippen LogP contribution >= 0.6 is 0 Å². The molecule has 10 aromatic rings. The van der Waals surface area contributed by atoms with Crippen LogP contribution in [0.3, 0.4) is 0 Å². The normalized spacial score (nSPS) is 14.2. The molecule has 2 aromatic heterocycles. The average molecular weight is 1290 g/mol. The third kappa shape index (κ3) is 11.8.